The van der Waals surface area contributed by atoms with Gasteiger partial charge in [-0.15, -0.1) is 15.0 Å². The van der Waals surface area contributed by atoms with E-state index in [0.29, 0.717) is 5.56 Å². The van der Waals surface area contributed by atoms with Crippen molar-refractivity contribution in [2.45, 2.75) is 12.2 Å². The molecule has 0 aliphatic heterocycles. The number of carbonyl (C=O) groups is 1. The van der Waals surface area contributed by atoms with Crippen molar-refractivity contribution in [1.82, 2.24) is 20.2 Å². The Bertz CT molecular complexity index is 910. The summed E-state index contributed by atoms with van der Waals surface area (Å²) < 4.78 is 43.4. The third-order valence-electron chi connectivity index (χ3n) is 3.65. The second-order valence-corrected chi connectivity index (χ2v) is 5.35. The second-order valence-electron chi connectivity index (χ2n) is 5.35. The van der Waals surface area contributed by atoms with Crippen molar-refractivity contribution in [3.8, 4) is 11.4 Å². The lowest BCUT2D eigenvalue weighted by Gasteiger charge is -2.13. The number of alkyl halides is 3. The summed E-state index contributed by atoms with van der Waals surface area (Å²) in [4.78, 5) is 13.2. The van der Waals surface area contributed by atoms with Gasteiger partial charge in [-0.2, -0.15) is 13.2 Å². The Morgan fingerprint density at radius 3 is 2.50 bits per heavy atom. The zero-order valence-electron chi connectivity index (χ0n) is 13.5. The third-order valence-corrected chi connectivity index (χ3v) is 3.65. The summed E-state index contributed by atoms with van der Waals surface area (Å²) in [5.41, 5.74) is -0.117. The summed E-state index contributed by atoms with van der Waals surface area (Å²) in [6.07, 6.45) is -4.48. The van der Waals surface area contributed by atoms with E-state index in [1.807, 2.05) is 0 Å². The van der Waals surface area contributed by atoms with Gasteiger partial charge in [0, 0.05) is 5.56 Å². The number of methoxy groups -OCH3 is 1. The standard InChI is InChI=1S/C17H13F3N4O2/c1-26-16(25)14(11-6-3-2-4-7-11)24-22-15(21-23-24)12-8-5-9-13(10-12)17(18,19)20/h2-10,14H,1H3. The first-order chi connectivity index (χ1) is 12.4. The molecule has 0 fully saturated rings. The topological polar surface area (TPSA) is 69.9 Å². The molecule has 0 radical (unpaired) electrons. The number of nitrogens with zero attached hydrogens (tertiary/aromatic N) is 4. The molecule has 6 nitrogen and oxygen atoms in total. The minimum atomic E-state index is -4.48. The molecule has 3 rings (SSSR count). The third kappa shape index (κ3) is 3.56. The summed E-state index contributed by atoms with van der Waals surface area (Å²) in [5, 5.41) is 11.7. The number of aromatic nitrogens is 4. The van der Waals surface area contributed by atoms with Gasteiger partial charge < -0.3 is 4.74 Å². The fourth-order valence-corrected chi connectivity index (χ4v) is 2.40. The zero-order valence-corrected chi connectivity index (χ0v) is 13.5. The molecular formula is C17H13F3N4O2. The number of carbonyl (C=O) groups excluding carboxylic acids is 1. The van der Waals surface area contributed by atoms with Crippen molar-refractivity contribution in [2.24, 2.45) is 0 Å². The summed E-state index contributed by atoms with van der Waals surface area (Å²) in [7, 11) is 1.23. The van der Waals surface area contributed by atoms with E-state index in [1.165, 1.54) is 19.2 Å². The molecule has 2 aromatic carbocycles. The molecule has 0 N–H and O–H groups in total. The number of esters is 1. The van der Waals surface area contributed by atoms with E-state index >= 15 is 0 Å². The first-order valence-corrected chi connectivity index (χ1v) is 7.50. The van der Waals surface area contributed by atoms with E-state index in [2.05, 4.69) is 15.4 Å². The van der Waals surface area contributed by atoms with Crippen LogP contribution in [0.25, 0.3) is 11.4 Å². The minimum absolute atomic E-state index is 0.0269. The van der Waals surface area contributed by atoms with Gasteiger partial charge in [0.1, 0.15) is 0 Å². The largest absolute Gasteiger partial charge is 0.467 e. The fourth-order valence-electron chi connectivity index (χ4n) is 2.40. The molecule has 0 saturated carbocycles. The van der Waals surface area contributed by atoms with Gasteiger partial charge in [-0.3, -0.25) is 0 Å². The van der Waals surface area contributed by atoms with Crippen LogP contribution < -0.4 is 0 Å². The van der Waals surface area contributed by atoms with Crippen LogP contribution in [0.5, 0.6) is 0 Å². The highest BCUT2D eigenvalue weighted by Gasteiger charge is 2.31. The normalized spacial score (nSPS) is 12.6. The number of rotatable bonds is 4. The first-order valence-electron chi connectivity index (χ1n) is 7.50. The van der Waals surface area contributed by atoms with Crippen LogP contribution in [-0.2, 0) is 15.7 Å². The Kier molecular flexibility index (Phi) is 4.70. The molecule has 0 aliphatic rings. The molecule has 1 heterocycles. The lowest BCUT2D eigenvalue weighted by Crippen LogP contribution is -2.24. The van der Waals surface area contributed by atoms with Gasteiger partial charge in [0.25, 0.3) is 0 Å². The molecule has 0 amide bonds. The first kappa shape index (κ1) is 17.6. The molecule has 0 aliphatic carbocycles. The summed E-state index contributed by atoms with van der Waals surface area (Å²) in [5.74, 6) is -0.648. The van der Waals surface area contributed by atoms with Gasteiger partial charge in [0.05, 0.1) is 12.7 Å². The van der Waals surface area contributed by atoms with Crippen molar-refractivity contribution in [3.63, 3.8) is 0 Å². The van der Waals surface area contributed by atoms with E-state index in [4.69, 9.17) is 4.74 Å². The lowest BCUT2D eigenvalue weighted by atomic mass is 10.1. The molecule has 0 spiro atoms. The molecule has 1 atom stereocenters. The Morgan fingerprint density at radius 2 is 1.85 bits per heavy atom. The summed E-state index contributed by atoms with van der Waals surface area (Å²) >= 11 is 0. The van der Waals surface area contributed by atoms with Crippen LogP contribution in [0.1, 0.15) is 17.2 Å². The lowest BCUT2D eigenvalue weighted by molar-refractivity contribution is -0.144. The van der Waals surface area contributed by atoms with Crippen LogP contribution in [-0.4, -0.2) is 33.3 Å². The van der Waals surface area contributed by atoms with Crippen LogP contribution in [0.4, 0.5) is 13.2 Å². The smallest absolute Gasteiger partial charge is 0.416 e. The quantitative estimate of drug-likeness (QED) is 0.667. The summed E-state index contributed by atoms with van der Waals surface area (Å²) in [6, 6.07) is 12.2. The maximum Gasteiger partial charge on any atom is 0.416 e. The van der Waals surface area contributed by atoms with Crippen molar-refractivity contribution in [1.29, 1.82) is 0 Å². The van der Waals surface area contributed by atoms with Crippen LogP contribution in [0.2, 0.25) is 0 Å². The van der Waals surface area contributed by atoms with E-state index in [-0.39, 0.29) is 11.4 Å². The number of halogens is 3. The van der Waals surface area contributed by atoms with E-state index < -0.39 is 23.8 Å². The number of hydrogen-bond acceptors (Lipinski definition) is 5. The van der Waals surface area contributed by atoms with Crippen molar-refractivity contribution in [3.05, 3.63) is 65.7 Å². The van der Waals surface area contributed by atoms with Gasteiger partial charge in [0.15, 0.2) is 6.04 Å². The predicted molar refractivity (Wildman–Crippen MR) is 84.9 cm³/mol. The average molecular weight is 362 g/mol. The van der Waals surface area contributed by atoms with Gasteiger partial charge in [-0.1, -0.05) is 42.5 Å². The molecule has 26 heavy (non-hydrogen) atoms. The Morgan fingerprint density at radius 1 is 1.12 bits per heavy atom. The van der Waals surface area contributed by atoms with Gasteiger partial charge >= 0.3 is 12.1 Å². The molecule has 0 bridgehead atoms. The van der Waals surface area contributed by atoms with Crippen molar-refractivity contribution >= 4 is 5.97 Å². The Labute approximate surface area is 146 Å². The molecule has 1 unspecified atom stereocenters. The van der Waals surface area contributed by atoms with Crippen molar-refractivity contribution in [2.75, 3.05) is 7.11 Å². The number of tetrazole rings is 1. The predicted octanol–water partition coefficient (Wildman–Crippen LogP) is 3.12. The van der Waals surface area contributed by atoms with Crippen LogP contribution in [0, 0.1) is 0 Å². The van der Waals surface area contributed by atoms with E-state index in [1.54, 1.807) is 30.3 Å². The molecule has 0 saturated heterocycles. The minimum Gasteiger partial charge on any atom is -0.467 e. The van der Waals surface area contributed by atoms with Crippen LogP contribution in [0.3, 0.4) is 0 Å². The Hall–Kier alpha value is -3.23. The zero-order chi connectivity index (χ0) is 18.7. The van der Waals surface area contributed by atoms with Gasteiger partial charge in [-0.25, -0.2) is 4.79 Å². The molecular weight excluding hydrogens is 349 g/mol. The van der Waals surface area contributed by atoms with E-state index in [0.717, 1.165) is 16.9 Å². The highest BCUT2D eigenvalue weighted by molar-refractivity contribution is 5.77. The SMILES string of the molecule is COC(=O)C(c1ccccc1)n1nnc(-c2cccc(C(F)(F)F)c2)n1. The highest BCUT2D eigenvalue weighted by Crippen LogP contribution is 2.31. The molecule has 3 aromatic rings. The fraction of sp³-hybridized carbons (Fsp3) is 0.176. The number of ether oxygens (including phenoxy) is 1. The van der Waals surface area contributed by atoms with Crippen LogP contribution >= 0.6 is 0 Å². The van der Waals surface area contributed by atoms with Gasteiger partial charge in [-0.05, 0) is 22.9 Å². The van der Waals surface area contributed by atoms with Gasteiger partial charge in [0.2, 0.25) is 5.82 Å². The molecule has 134 valence electrons. The Balaban J connectivity index is 1.99. The maximum absolute atomic E-state index is 12.9. The summed E-state index contributed by atoms with van der Waals surface area (Å²) in [6.45, 7) is 0. The number of benzene rings is 2. The average Bonchev–Trinajstić information content (AvgIpc) is 3.11. The second kappa shape index (κ2) is 6.95. The molecule has 1 aromatic heterocycles. The maximum atomic E-state index is 12.9. The number of hydrogen-bond donors (Lipinski definition) is 0. The molecule has 9 heteroatoms. The van der Waals surface area contributed by atoms with Crippen molar-refractivity contribution < 1.29 is 22.7 Å². The highest BCUT2D eigenvalue weighted by atomic mass is 19.4. The van der Waals surface area contributed by atoms with Crippen LogP contribution in [0.15, 0.2) is 54.6 Å². The van der Waals surface area contributed by atoms with E-state index in [9.17, 15) is 18.0 Å². The monoisotopic (exact) mass is 362 g/mol.